The van der Waals surface area contributed by atoms with E-state index in [0.717, 1.165) is 0 Å². The van der Waals surface area contributed by atoms with Crippen molar-refractivity contribution in [3.05, 3.63) is 42.2 Å². The molecule has 0 aliphatic rings. The van der Waals surface area contributed by atoms with E-state index in [2.05, 4.69) is 16.3 Å². The van der Waals surface area contributed by atoms with Gasteiger partial charge in [-0.2, -0.15) is 0 Å². The van der Waals surface area contributed by atoms with E-state index in [9.17, 15) is 9.59 Å². The number of pyridine rings is 1. The van der Waals surface area contributed by atoms with Crippen molar-refractivity contribution in [3.8, 4) is 0 Å². The molecule has 90 valence electrons. The number of carbonyl (C=O) groups excluding carboxylic acids is 2. The molecule has 0 spiro atoms. The van der Waals surface area contributed by atoms with E-state index in [-0.39, 0.29) is 5.57 Å². The molecule has 0 N–H and O–H groups in total. The molecule has 17 heavy (non-hydrogen) atoms. The van der Waals surface area contributed by atoms with E-state index in [4.69, 9.17) is 4.74 Å². The van der Waals surface area contributed by atoms with Gasteiger partial charge in [0.05, 0.1) is 18.4 Å². The molecule has 5 nitrogen and oxygen atoms in total. The number of aromatic nitrogens is 1. The monoisotopic (exact) mass is 235 g/mol. The minimum atomic E-state index is -0.916. The van der Waals surface area contributed by atoms with Crippen molar-refractivity contribution in [2.24, 2.45) is 0 Å². The molecule has 0 bridgehead atoms. The maximum absolute atomic E-state index is 11.4. The molecule has 0 radical (unpaired) electrons. The summed E-state index contributed by atoms with van der Waals surface area (Å²) in [6, 6.07) is 5.08. The Hall–Kier alpha value is -2.17. The summed E-state index contributed by atoms with van der Waals surface area (Å²) in [5.41, 5.74) is 0.458. The number of esters is 2. The topological polar surface area (TPSA) is 65.5 Å². The van der Waals surface area contributed by atoms with Crippen LogP contribution in [0.15, 0.2) is 36.5 Å². The molecule has 1 atom stereocenters. The Bertz CT molecular complexity index is 427. The van der Waals surface area contributed by atoms with E-state index in [1.54, 1.807) is 18.2 Å². The maximum atomic E-state index is 11.4. The second kappa shape index (κ2) is 5.79. The minimum absolute atomic E-state index is 0.0291. The van der Waals surface area contributed by atoms with Crippen LogP contribution in [0.5, 0.6) is 0 Å². The third kappa shape index (κ3) is 3.41. The van der Waals surface area contributed by atoms with Crippen LogP contribution in [0.4, 0.5) is 0 Å². The lowest BCUT2D eigenvalue weighted by molar-refractivity contribution is -0.147. The third-order valence-electron chi connectivity index (χ3n) is 2.00. The van der Waals surface area contributed by atoms with Gasteiger partial charge in [-0.05, 0) is 12.1 Å². The van der Waals surface area contributed by atoms with Gasteiger partial charge in [-0.1, -0.05) is 12.6 Å². The second-order valence-corrected chi connectivity index (χ2v) is 3.26. The molecular formula is C12H13NO4. The Morgan fingerprint density at radius 3 is 2.59 bits per heavy atom. The van der Waals surface area contributed by atoms with Crippen molar-refractivity contribution < 1.29 is 19.1 Å². The zero-order valence-electron chi connectivity index (χ0n) is 9.67. The highest BCUT2D eigenvalue weighted by Gasteiger charge is 2.25. The number of hydrogen-bond donors (Lipinski definition) is 0. The molecule has 0 amide bonds. The van der Waals surface area contributed by atoms with Gasteiger partial charge < -0.3 is 9.47 Å². The summed E-state index contributed by atoms with van der Waals surface area (Å²) in [7, 11) is 1.23. The summed E-state index contributed by atoms with van der Waals surface area (Å²) >= 11 is 0. The predicted molar refractivity (Wildman–Crippen MR) is 59.9 cm³/mol. The van der Waals surface area contributed by atoms with Crippen LogP contribution in [0, 0.1) is 0 Å². The van der Waals surface area contributed by atoms with Crippen molar-refractivity contribution in [3.63, 3.8) is 0 Å². The van der Waals surface area contributed by atoms with E-state index in [1.165, 1.54) is 20.2 Å². The minimum Gasteiger partial charge on any atom is -0.466 e. The molecule has 0 aliphatic heterocycles. The van der Waals surface area contributed by atoms with Crippen molar-refractivity contribution in [2.75, 3.05) is 7.11 Å². The van der Waals surface area contributed by atoms with Crippen molar-refractivity contribution in [2.45, 2.75) is 13.0 Å². The molecule has 1 rings (SSSR count). The lowest BCUT2D eigenvalue weighted by Gasteiger charge is -2.17. The molecule has 0 saturated carbocycles. The van der Waals surface area contributed by atoms with Crippen LogP contribution in [0.3, 0.4) is 0 Å². The van der Waals surface area contributed by atoms with Gasteiger partial charge >= 0.3 is 11.9 Å². The number of methoxy groups -OCH3 is 1. The second-order valence-electron chi connectivity index (χ2n) is 3.26. The van der Waals surface area contributed by atoms with Crippen molar-refractivity contribution in [1.29, 1.82) is 0 Å². The Morgan fingerprint density at radius 1 is 1.41 bits per heavy atom. The highest BCUT2D eigenvalue weighted by Crippen LogP contribution is 2.23. The molecule has 1 aromatic heterocycles. The SMILES string of the molecule is C=C(C(=O)OC)[C@H](OC(C)=O)c1ccccn1. The molecule has 0 fully saturated rings. The van der Waals surface area contributed by atoms with Crippen LogP contribution in [-0.2, 0) is 19.1 Å². The fraction of sp³-hybridized carbons (Fsp3) is 0.250. The number of hydrogen-bond acceptors (Lipinski definition) is 5. The summed E-state index contributed by atoms with van der Waals surface area (Å²) in [6.45, 7) is 4.81. The van der Waals surface area contributed by atoms with Crippen LogP contribution >= 0.6 is 0 Å². The van der Waals surface area contributed by atoms with Gasteiger partial charge in [0, 0.05) is 13.1 Å². The summed E-state index contributed by atoms with van der Waals surface area (Å²) in [4.78, 5) is 26.4. The molecule has 1 aromatic rings. The number of nitrogens with zero attached hydrogens (tertiary/aromatic N) is 1. The lowest BCUT2D eigenvalue weighted by atomic mass is 10.1. The van der Waals surface area contributed by atoms with Gasteiger partial charge in [0.1, 0.15) is 0 Å². The first kappa shape index (κ1) is 12.9. The average molecular weight is 235 g/mol. The molecule has 0 aromatic carbocycles. The summed E-state index contributed by atoms with van der Waals surface area (Å²) in [5.74, 6) is -1.16. The maximum Gasteiger partial charge on any atom is 0.337 e. The Labute approximate surface area is 99.1 Å². The molecule has 5 heteroatoms. The standard InChI is InChI=1S/C12H13NO4/c1-8(12(15)16-3)11(17-9(2)14)10-6-4-5-7-13-10/h4-7,11H,1H2,2-3H3/t11-/m0/s1. The molecular weight excluding hydrogens is 222 g/mol. The first-order chi connectivity index (χ1) is 8.06. The van der Waals surface area contributed by atoms with Gasteiger partial charge in [0.2, 0.25) is 0 Å². The average Bonchev–Trinajstić information content (AvgIpc) is 2.35. The highest BCUT2D eigenvalue weighted by molar-refractivity contribution is 5.89. The van der Waals surface area contributed by atoms with Gasteiger partial charge in [-0.3, -0.25) is 9.78 Å². The molecule has 0 saturated heterocycles. The largest absolute Gasteiger partial charge is 0.466 e. The zero-order chi connectivity index (χ0) is 12.8. The van der Waals surface area contributed by atoms with Crippen LogP contribution in [-0.4, -0.2) is 24.0 Å². The highest BCUT2D eigenvalue weighted by atomic mass is 16.6. The number of rotatable bonds is 4. The van der Waals surface area contributed by atoms with Gasteiger partial charge in [-0.25, -0.2) is 4.79 Å². The smallest absolute Gasteiger partial charge is 0.337 e. The number of carbonyl (C=O) groups is 2. The van der Waals surface area contributed by atoms with E-state index < -0.39 is 18.0 Å². The molecule has 0 aliphatic carbocycles. The Kier molecular flexibility index (Phi) is 4.39. The lowest BCUT2D eigenvalue weighted by Crippen LogP contribution is -2.18. The van der Waals surface area contributed by atoms with E-state index in [1.807, 2.05) is 0 Å². The first-order valence-electron chi connectivity index (χ1n) is 4.91. The van der Waals surface area contributed by atoms with Gasteiger partial charge in [-0.15, -0.1) is 0 Å². The fourth-order valence-electron chi connectivity index (χ4n) is 1.25. The summed E-state index contributed by atoms with van der Waals surface area (Å²) in [6.07, 6.45) is 0.622. The summed E-state index contributed by atoms with van der Waals surface area (Å²) in [5, 5.41) is 0. The van der Waals surface area contributed by atoms with Crippen LogP contribution < -0.4 is 0 Å². The first-order valence-corrected chi connectivity index (χ1v) is 4.91. The van der Waals surface area contributed by atoms with Crippen LogP contribution in [0.2, 0.25) is 0 Å². The molecule has 1 heterocycles. The summed E-state index contributed by atoms with van der Waals surface area (Å²) < 4.78 is 9.56. The van der Waals surface area contributed by atoms with E-state index in [0.29, 0.717) is 5.69 Å². The Morgan fingerprint density at radius 2 is 2.12 bits per heavy atom. The predicted octanol–water partition coefficient (Wildman–Crippen LogP) is 1.41. The van der Waals surface area contributed by atoms with Gasteiger partial charge in [0.15, 0.2) is 6.10 Å². The zero-order valence-corrected chi connectivity index (χ0v) is 9.67. The van der Waals surface area contributed by atoms with Crippen molar-refractivity contribution >= 4 is 11.9 Å². The van der Waals surface area contributed by atoms with E-state index >= 15 is 0 Å². The molecule has 0 unspecified atom stereocenters. The van der Waals surface area contributed by atoms with Crippen molar-refractivity contribution in [1.82, 2.24) is 4.98 Å². The normalized spacial score (nSPS) is 11.4. The third-order valence-corrected chi connectivity index (χ3v) is 2.00. The quantitative estimate of drug-likeness (QED) is 0.583. The fourth-order valence-corrected chi connectivity index (χ4v) is 1.25. The van der Waals surface area contributed by atoms with Crippen LogP contribution in [0.25, 0.3) is 0 Å². The van der Waals surface area contributed by atoms with Crippen LogP contribution in [0.1, 0.15) is 18.7 Å². The Balaban J connectivity index is 3.00. The number of ether oxygens (including phenoxy) is 2. The van der Waals surface area contributed by atoms with Gasteiger partial charge in [0.25, 0.3) is 0 Å².